The van der Waals surface area contributed by atoms with Gasteiger partial charge in [0, 0.05) is 10.5 Å². The molecule has 224 valence electrons. The highest BCUT2D eigenvalue weighted by atomic mass is 32.2. The summed E-state index contributed by atoms with van der Waals surface area (Å²) in [4.78, 5) is 1.40. The summed E-state index contributed by atoms with van der Waals surface area (Å²) < 4.78 is 6.61. The van der Waals surface area contributed by atoms with Gasteiger partial charge in [0.1, 0.15) is 28.9 Å². The first-order valence-electron chi connectivity index (χ1n) is 16.1. The summed E-state index contributed by atoms with van der Waals surface area (Å²) in [5.74, 6) is 2.22. The molecule has 0 aliphatic carbocycles. The van der Waals surface area contributed by atoms with Crippen molar-refractivity contribution in [2.24, 2.45) is 0 Å². The topological polar surface area (TPSA) is 9.23 Å². The molecule has 0 amide bonds. The van der Waals surface area contributed by atoms with Gasteiger partial charge in [-0.05, 0) is 96.7 Å². The molecule has 0 bridgehead atoms. The standard InChI is InChI=1S/C40H48OPS/c1-5-6-7-8-18-27-41-38-31-39-37(40(3,4)26-29-43-39)30-36(38)32(2)25-28-42(33-19-12-9-13-20-33,34-21-14-10-15-22-34)35-23-16-11-17-24-35/h9-17,19-25,30-31H,5-8,18,26-29H2,1-4H3/q+1/b32-25+. The molecule has 1 aliphatic rings. The average molecular weight is 608 g/mol. The van der Waals surface area contributed by atoms with Crippen molar-refractivity contribution in [3.05, 3.63) is 120 Å². The third-order valence-corrected chi connectivity index (χ3v) is 14.3. The number of hydrogen-bond acceptors (Lipinski definition) is 2. The Balaban J connectivity index is 1.57. The molecule has 0 fully saturated rings. The van der Waals surface area contributed by atoms with Gasteiger partial charge in [0.25, 0.3) is 0 Å². The van der Waals surface area contributed by atoms with E-state index in [9.17, 15) is 0 Å². The zero-order chi connectivity index (χ0) is 30.1. The van der Waals surface area contributed by atoms with Crippen LogP contribution >= 0.6 is 19.0 Å². The number of thioether (sulfide) groups is 1. The minimum atomic E-state index is -1.95. The van der Waals surface area contributed by atoms with Crippen molar-refractivity contribution in [1.29, 1.82) is 0 Å². The maximum Gasteiger partial charge on any atom is 0.127 e. The van der Waals surface area contributed by atoms with Crippen LogP contribution < -0.4 is 20.7 Å². The van der Waals surface area contributed by atoms with Crippen molar-refractivity contribution in [2.75, 3.05) is 18.5 Å². The van der Waals surface area contributed by atoms with E-state index in [-0.39, 0.29) is 5.41 Å². The normalized spacial score (nSPS) is 14.7. The van der Waals surface area contributed by atoms with Crippen LogP contribution in [-0.4, -0.2) is 18.5 Å². The van der Waals surface area contributed by atoms with Crippen LogP contribution in [0.25, 0.3) is 5.57 Å². The molecule has 0 N–H and O–H groups in total. The van der Waals surface area contributed by atoms with E-state index in [0.29, 0.717) is 0 Å². The van der Waals surface area contributed by atoms with Crippen molar-refractivity contribution in [1.82, 2.24) is 0 Å². The van der Waals surface area contributed by atoms with Gasteiger partial charge in [-0.25, -0.2) is 0 Å². The van der Waals surface area contributed by atoms with Gasteiger partial charge >= 0.3 is 0 Å². The molecule has 1 heterocycles. The van der Waals surface area contributed by atoms with E-state index in [1.807, 2.05) is 11.8 Å². The molecule has 4 aromatic carbocycles. The Morgan fingerprint density at radius 1 is 0.791 bits per heavy atom. The van der Waals surface area contributed by atoms with E-state index in [1.54, 1.807) is 0 Å². The van der Waals surface area contributed by atoms with Crippen LogP contribution in [0.1, 0.15) is 77.3 Å². The fraction of sp³-hybridized carbons (Fsp3) is 0.350. The third kappa shape index (κ3) is 7.30. The molecule has 0 saturated carbocycles. The summed E-state index contributed by atoms with van der Waals surface area (Å²) in [5.41, 5.74) is 4.21. The van der Waals surface area contributed by atoms with Crippen molar-refractivity contribution in [3.8, 4) is 5.75 Å². The summed E-state index contributed by atoms with van der Waals surface area (Å²) in [6.45, 7) is 10.2. The Hall–Kier alpha value is -2.80. The Labute approximate surface area is 265 Å². The third-order valence-electron chi connectivity index (χ3n) is 8.99. The van der Waals surface area contributed by atoms with Crippen LogP contribution in [0, 0.1) is 0 Å². The molecule has 43 heavy (non-hydrogen) atoms. The first-order chi connectivity index (χ1) is 21.0. The average Bonchev–Trinajstić information content (AvgIpc) is 3.04. The van der Waals surface area contributed by atoms with Gasteiger partial charge in [-0.1, -0.05) is 101 Å². The van der Waals surface area contributed by atoms with Gasteiger partial charge in [0.2, 0.25) is 0 Å². The largest absolute Gasteiger partial charge is 0.493 e. The molecular formula is C40H48OPS+. The van der Waals surface area contributed by atoms with E-state index in [4.69, 9.17) is 4.74 Å². The van der Waals surface area contributed by atoms with Gasteiger partial charge in [0.05, 0.1) is 12.8 Å². The van der Waals surface area contributed by atoms with E-state index in [0.717, 1.165) is 24.9 Å². The van der Waals surface area contributed by atoms with Crippen molar-refractivity contribution < 1.29 is 4.74 Å². The van der Waals surface area contributed by atoms with Crippen LogP contribution in [0.4, 0.5) is 0 Å². The van der Waals surface area contributed by atoms with Crippen molar-refractivity contribution >= 4 is 40.5 Å². The molecule has 4 aromatic rings. The summed E-state index contributed by atoms with van der Waals surface area (Å²) in [6, 6.07) is 38.4. The predicted octanol–water partition coefficient (Wildman–Crippen LogP) is 10.2. The number of benzene rings is 4. The summed E-state index contributed by atoms with van der Waals surface area (Å²) in [7, 11) is -1.95. The lowest BCUT2D eigenvalue weighted by Gasteiger charge is -2.33. The number of ether oxygens (including phenoxy) is 1. The molecule has 0 spiro atoms. The number of rotatable bonds is 13. The quantitative estimate of drug-likeness (QED) is 0.110. The second-order valence-corrected chi connectivity index (χ2v) is 17.1. The van der Waals surface area contributed by atoms with Gasteiger partial charge in [-0.15, -0.1) is 11.8 Å². The van der Waals surface area contributed by atoms with E-state index < -0.39 is 7.26 Å². The van der Waals surface area contributed by atoms with Crippen molar-refractivity contribution in [2.45, 2.75) is 76.5 Å². The summed E-state index contributed by atoms with van der Waals surface area (Å²) in [5, 5.41) is 4.26. The van der Waals surface area contributed by atoms with E-state index in [1.165, 1.54) is 75.4 Å². The predicted molar refractivity (Wildman–Crippen MR) is 193 cm³/mol. The summed E-state index contributed by atoms with van der Waals surface area (Å²) >= 11 is 1.99. The number of allylic oxidation sites excluding steroid dienone is 2. The van der Waals surface area contributed by atoms with Crippen LogP contribution in [0.2, 0.25) is 0 Å². The molecule has 0 saturated heterocycles. The van der Waals surface area contributed by atoms with Gasteiger partial charge in [-0.2, -0.15) is 0 Å². The fourth-order valence-electron chi connectivity index (χ4n) is 6.27. The highest BCUT2D eigenvalue weighted by molar-refractivity contribution is 7.99. The minimum Gasteiger partial charge on any atom is -0.493 e. The highest BCUT2D eigenvalue weighted by Gasteiger charge is 2.44. The zero-order valence-electron chi connectivity index (χ0n) is 26.5. The Morgan fingerprint density at radius 2 is 1.35 bits per heavy atom. The molecule has 0 atom stereocenters. The van der Waals surface area contributed by atoms with Gasteiger partial charge < -0.3 is 4.74 Å². The minimum absolute atomic E-state index is 0.170. The van der Waals surface area contributed by atoms with Gasteiger partial charge in [-0.3, -0.25) is 0 Å². The summed E-state index contributed by atoms with van der Waals surface area (Å²) in [6.07, 6.45) is 10.9. The lowest BCUT2D eigenvalue weighted by atomic mass is 9.80. The van der Waals surface area contributed by atoms with Crippen LogP contribution in [0.3, 0.4) is 0 Å². The fourth-order valence-corrected chi connectivity index (χ4v) is 11.9. The molecule has 1 nitrogen and oxygen atoms in total. The molecule has 5 rings (SSSR count). The number of hydrogen-bond donors (Lipinski definition) is 0. The number of unbranched alkanes of at least 4 members (excludes halogenated alkanes) is 4. The number of fused-ring (bicyclic) bond motifs is 1. The smallest absolute Gasteiger partial charge is 0.127 e. The second kappa shape index (κ2) is 14.8. The maximum absolute atomic E-state index is 6.61. The lowest BCUT2D eigenvalue weighted by Crippen LogP contribution is -2.33. The Kier molecular flexibility index (Phi) is 10.9. The SMILES string of the molecule is CCCCCCCOc1cc2c(cc1/C(C)=C/C[P+](c1ccccc1)(c1ccccc1)c1ccccc1)C(C)(C)CCS2. The van der Waals surface area contributed by atoms with Gasteiger partial charge in [0.15, 0.2) is 0 Å². The molecule has 0 radical (unpaired) electrons. The van der Waals surface area contributed by atoms with Crippen LogP contribution in [-0.2, 0) is 5.41 Å². The maximum atomic E-state index is 6.61. The first-order valence-corrected chi connectivity index (χ1v) is 19.1. The molecular weight excluding hydrogens is 559 g/mol. The van der Waals surface area contributed by atoms with Crippen LogP contribution in [0.5, 0.6) is 5.75 Å². The zero-order valence-corrected chi connectivity index (χ0v) is 28.2. The second-order valence-electron chi connectivity index (χ2n) is 12.5. The molecule has 1 aliphatic heterocycles. The first kappa shape index (κ1) is 31.6. The Morgan fingerprint density at radius 3 is 1.91 bits per heavy atom. The highest BCUT2D eigenvalue weighted by Crippen LogP contribution is 2.56. The van der Waals surface area contributed by atoms with E-state index >= 15 is 0 Å². The molecule has 0 aromatic heterocycles. The lowest BCUT2D eigenvalue weighted by molar-refractivity contribution is 0.302. The monoisotopic (exact) mass is 607 g/mol. The van der Waals surface area contributed by atoms with Crippen LogP contribution in [0.15, 0.2) is 114 Å². The van der Waals surface area contributed by atoms with E-state index in [2.05, 4.69) is 137 Å². The van der Waals surface area contributed by atoms with Crippen molar-refractivity contribution in [3.63, 3.8) is 0 Å². The molecule has 3 heteroatoms. The Bertz CT molecular complexity index is 1380. The molecule has 0 unspecified atom stereocenters.